The summed E-state index contributed by atoms with van der Waals surface area (Å²) in [5, 5.41) is 24.5. The molecular weight excluding hydrogens is 1170 g/mol. The van der Waals surface area contributed by atoms with Crippen LogP contribution in [0.5, 0.6) is 0 Å². The normalized spacial score (nSPS) is 44.4. The number of ether oxygens (including phenoxy) is 3. The van der Waals surface area contributed by atoms with E-state index in [2.05, 4.69) is 98.5 Å². The SMILES string of the molecule is C.C.CN.CNC1(O)C(=O)C=C2C(=CC=C3[C@@]2(C)CC[C@@]2(C)[C@@H]4C[C@](C)(C(=O)OC)CC[C@]4(C)CC[C@]32C)[C@]1(C)OC.COC(=O)[C@]1(C)CC[C@]2(C)CC[C@]3(C)C4=CC=C5C(=CC(=O)C(=O)[C@@]5(C)CO)[C@]4(C)CC[C@@]3(C)[C@@H]2C1.[Cl][Ti]([Cl])([Cl])[Cl]. The fourth-order valence-corrected chi connectivity index (χ4v) is 19.0. The minimum atomic E-state index is -3.11. The van der Waals surface area contributed by atoms with Crippen molar-refractivity contribution >= 4 is 66.5 Å². The molecule has 0 bridgehead atoms. The van der Waals surface area contributed by atoms with Crippen molar-refractivity contribution in [3.05, 3.63) is 69.9 Å². The molecule has 17 heteroatoms. The van der Waals surface area contributed by atoms with Crippen LogP contribution in [0.25, 0.3) is 0 Å². The zero-order valence-corrected chi connectivity index (χ0v) is 56.1. The van der Waals surface area contributed by atoms with Crippen LogP contribution in [0.4, 0.5) is 0 Å². The molecule has 0 amide bonds. The number of rotatable bonds is 5. The van der Waals surface area contributed by atoms with Crippen LogP contribution in [-0.2, 0) is 50.5 Å². The number of nitrogens with one attached hydrogen (secondary N) is 1. The molecule has 0 saturated heterocycles. The van der Waals surface area contributed by atoms with Gasteiger partial charge in [-0.25, -0.2) is 0 Å². The number of allylic oxidation sites excluding steroid dienone is 8. The summed E-state index contributed by atoms with van der Waals surface area (Å²) in [4.78, 5) is 64.9. The summed E-state index contributed by atoms with van der Waals surface area (Å²) in [6.45, 7) is 26.5. The van der Waals surface area contributed by atoms with E-state index in [1.165, 1.54) is 32.4 Å². The number of halogens is 4. The molecule has 0 aliphatic heterocycles. The Morgan fingerprint density at radius 2 is 0.964 bits per heavy atom. The molecule has 6 saturated carbocycles. The van der Waals surface area contributed by atoms with Crippen molar-refractivity contribution in [2.45, 2.75) is 199 Å². The molecule has 5 N–H and O–H groups in total. The van der Waals surface area contributed by atoms with Crippen LogP contribution in [0.1, 0.15) is 188 Å². The Hall–Kier alpha value is -1.94. The molecule has 10 rings (SSSR count). The summed E-state index contributed by atoms with van der Waals surface area (Å²) in [6, 6.07) is 0. The number of Topliss-reactive ketones (excluding diaryl/α,β-unsaturated/α-hetero) is 1. The molecule has 1 unspecified atom stereocenters. The summed E-state index contributed by atoms with van der Waals surface area (Å²) in [5.74, 6) is -0.796. The second-order valence-electron chi connectivity index (χ2n) is 28.7. The van der Waals surface area contributed by atoms with E-state index in [0.29, 0.717) is 11.8 Å². The maximum absolute atomic E-state index is 13.5. The van der Waals surface area contributed by atoms with E-state index in [1.807, 2.05) is 6.08 Å². The molecule has 83 heavy (non-hydrogen) atoms. The molecule has 12 nitrogen and oxygen atoms in total. The summed E-state index contributed by atoms with van der Waals surface area (Å²) >= 11 is -3.11. The van der Waals surface area contributed by atoms with Gasteiger partial charge in [0.15, 0.2) is 0 Å². The first kappa shape index (κ1) is 71.8. The summed E-state index contributed by atoms with van der Waals surface area (Å²) in [6.07, 6.45) is 25.5. The fourth-order valence-electron chi connectivity index (χ4n) is 19.0. The zero-order valence-electron chi connectivity index (χ0n) is 51.5. The Morgan fingerprint density at radius 3 is 1.33 bits per heavy atom. The zero-order chi connectivity index (χ0) is 61.2. The summed E-state index contributed by atoms with van der Waals surface area (Å²) < 4.78 is 16.5. The van der Waals surface area contributed by atoms with E-state index in [-0.39, 0.29) is 82.5 Å². The van der Waals surface area contributed by atoms with E-state index >= 15 is 0 Å². The van der Waals surface area contributed by atoms with Gasteiger partial charge >= 0.3 is 61.5 Å². The van der Waals surface area contributed by atoms with Crippen LogP contribution in [-0.4, -0.2) is 92.9 Å². The first-order valence-electron chi connectivity index (χ1n) is 29.2. The number of fused-ring (bicyclic) bond motifs is 14. The van der Waals surface area contributed by atoms with Gasteiger partial charge in [-0.1, -0.05) is 106 Å². The second-order valence-corrected chi connectivity index (χ2v) is 44.2. The third-order valence-electron chi connectivity index (χ3n) is 25.1. The number of ketones is 3. The van der Waals surface area contributed by atoms with E-state index in [0.717, 1.165) is 112 Å². The van der Waals surface area contributed by atoms with Gasteiger partial charge in [0.05, 0.1) is 37.1 Å². The Kier molecular flexibility index (Phi) is 20.3. The van der Waals surface area contributed by atoms with Gasteiger partial charge in [0.25, 0.3) is 0 Å². The van der Waals surface area contributed by atoms with Crippen molar-refractivity contribution in [1.82, 2.24) is 5.32 Å². The van der Waals surface area contributed by atoms with Gasteiger partial charge in [-0.15, -0.1) is 0 Å². The van der Waals surface area contributed by atoms with Crippen molar-refractivity contribution in [3.63, 3.8) is 0 Å². The molecule has 6 fully saturated rings. The first-order chi connectivity index (χ1) is 37.2. The van der Waals surface area contributed by atoms with Gasteiger partial charge in [0, 0.05) is 17.9 Å². The molecule has 0 aromatic heterocycles. The molecule has 468 valence electrons. The van der Waals surface area contributed by atoms with Crippen LogP contribution in [0.15, 0.2) is 69.9 Å². The number of carbonyl (C=O) groups is 5. The molecule has 0 radical (unpaired) electrons. The van der Waals surface area contributed by atoms with E-state index < -0.39 is 51.5 Å². The molecule has 0 heterocycles. The topological polar surface area (TPSA) is 192 Å². The predicted molar refractivity (Wildman–Crippen MR) is 332 cm³/mol. The third-order valence-corrected chi connectivity index (χ3v) is 25.1. The van der Waals surface area contributed by atoms with Crippen molar-refractivity contribution in [2.24, 2.45) is 77.1 Å². The number of hydrogen-bond donors (Lipinski definition) is 4. The minimum absolute atomic E-state index is 0. The molecule has 15 atom stereocenters. The quantitative estimate of drug-likeness (QED) is 0.0883. The Labute approximate surface area is 517 Å². The van der Waals surface area contributed by atoms with Crippen LogP contribution < -0.4 is 11.1 Å². The first-order valence-corrected chi connectivity index (χ1v) is 37.8. The number of likely N-dealkylation sites (N-methyl/N-ethyl adjacent to an activating group) is 1. The monoisotopic (exact) mass is 1270 g/mol. The van der Waals surface area contributed by atoms with Crippen LogP contribution >= 0.6 is 37.2 Å². The Bertz CT molecular complexity index is 2840. The second kappa shape index (κ2) is 23.5. The number of hydrogen-bond acceptors (Lipinski definition) is 12. The Morgan fingerprint density at radius 1 is 0.590 bits per heavy atom. The molecule has 0 spiro atoms. The fraction of sp³-hybridized carbons (Fsp3) is 0.742. The van der Waals surface area contributed by atoms with Gasteiger partial charge in [0.2, 0.25) is 23.1 Å². The average molecular weight is 1270 g/mol. The number of aliphatic hydroxyl groups is 2. The molecule has 0 aromatic carbocycles. The van der Waals surface area contributed by atoms with Gasteiger partial charge in [-0.05, 0) is 210 Å². The van der Waals surface area contributed by atoms with Crippen LogP contribution in [0.2, 0.25) is 0 Å². The number of aliphatic hydroxyl groups excluding tert-OH is 1. The van der Waals surface area contributed by atoms with E-state index in [9.17, 15) is 34.2 Å². The summed E-state index contributed by atoms with van der Waals surface area (Å²) in [7, 11) is 27.7. The molecular formula is C66H102Cl4N2O10Ti. The molecule has 10 aliphatic carbocycles. The van der Waals surface area contributed by atoms with Gasteiger partial charge in [-0.3, -0.25) is 29.3 Å². The maximum atomic E-state index is 13.5. The van der Waals surface area contributed by atoms with Crippen LogP contribution in [0, 0.1) is 71.4 Å². The van der Waals surface area contributed by atoms with E-state index in [4.69, 9.17) is 51.4 Å². The Balaban J connectivity index is 0.000000268. The number of esters is 2. The van der Waals surface area contributed by atoms with Crippen molar-refractivity contribution in [2.75, 3.05) is 42.0 Å². The number of carbonyl (C=O) groups excluding carboxylic acids is 5. The van der Waals surface area contributed by atoms with Gasteiger partial charge in [0.1, 0.15) is 5.60 Å². The molecule has 0 aromatic rings. The summed E-state index contributed by atoms with van der Waals surface area (Å²) in [5.41, 5.74) is 5.10. The third kappa shape index (κ3) is 10.5. The van der Waals surface area contributed by atoms with Gasteiger partial charge in [-0.2, -0.15) is 0 Å². The number of nitrogens with two attached hydrogens (primary N) is 1. The predicted octanol–water partition coefficient (Wildman–Crippen LogP) is 14.4. The standard InChI is InChI=1S/C32H47NO5.C31H42O5.CH5N.2CH4.4ClH.Ti/c1-26-12-13-27(2,25(35)37-8)19-23(26)30(5)17-15-28(3)21-18-24(34)32(36,33-7)31(6,38-9)20(21)10-11-22(28)29(30,4)16-14-26;1-26-10-11-27(2,25(35)36-7)17-23(26)31(6)15-13-28(3)20-16-21(33)24(34)29(4,18-32)19(20)8-9-22(28)30(31,5)14-12-26;1-2;;;;;;;/h10-11,18,23,33,36H,12-17,19H2,1-9H3;8-9,16,23,32H,10-15,17-18H2,1-7H3;2H2,1H3;2*1H4;4*1H;/q;;;;;;;;;+4/p-4/t23-,26-,27-,28+,29-,30+,31+,32?;23-,26-,27-,28+,29+,30-,31+;;;;;;;;/m11......../s1. The van der Waals surface area contributed by atoms with Crippen molar-refractivity contribution < 1.29 is 60.7 Å². The average Bonchev–Trinajstić information content (AvgIpc) is 1.39. The van der Waals surface area contributed by atoms with E-state index in [1.54, 1.807) is 40.2 Å². The number of methoxy groups -OCH3 is 3. The van der Waals surface area contributed by atoms with Crippen molar-refractivity contribution in [3.8, 4) is 0 Å². The van der Waals surface area contributed by atoms with Crippen molar-refractivity contribution in [1.29, 1.82) is 0 Å². The van der Waals surface area contributed by atoms with Gasteiger partial charge < -0.3 is 30.2 Å². The molecule has 10 aliphatic rings. The van der Waals surface area contributed by atoms with Crippen LogP contribution in [0.3, 0.4) is 0 Å².